The summed E-state index contributed by atoms with van der Waals surface area (Å²) >= 11 is 0. The van der Waals surface area contributed by atoms with Crippen molar-refractivity contribution in [3.8, 4) is 0 Å². The Morgan fingerprint density at radius 3 is 2.32 bits per heavy atom. The second-order valence-corrected chi connectivity index (χ2v) is 8.11. The molecule has 3 aromatic rings. The Morgan fingerprint density at radius 1 is 0.919 bits per heavy atom. The topological polar surface area (TPSA) is 132 Å². The Bertz CT molecular complexity index is 1270. The van der Waals surface area contributed by atoms with E-state index in [2.05, 4.69) is 26.3 Å². The molecule has 0 atom stereocenters. The SMILES string of the molecule is CCNC(=O)Nc1cc(Nc2ccc(F)c(F)c2)c(C(=O)Nc2ccc(CCCCC(=O)O)cc2)cn1. The highest BCUT2D eigenvalue weighted by Crippen LogP contribution is 2.25. The number of benzene rings is 2. The van der Waals surface area contributed by atoms with Gasteiger partial charge >= 0.3 is 12.0 Å². The first-order valence-corrected chi connectivity index (χ1v) is 11.6. The number of rotatable bonds is 11. The van der Waals surface area contributed by atoms with Gasteiger partial charge in [-0.05, 0) is 56.0 Å². The summed E-state index contributed by atoms with van der Waals surface area (Å²) in [6.45, 7) is 2.15. The molecule has 11 heteroatoms. The lowest BCUT2D eigenvalue weighted by atomic mass is 10.1. The minimum atomic E-state index is -1.06. The highest BCUT2D eigenvalue weighted by Gasteiger charge is 2.16. The van der Waals surface area contributed by atoms with Crippen molar-refractivity contribution in [2.75, 3.05) is 22.5 Å². The fraction of sp³-hybridized carbons (Fsp3) is 0.231. The molecular formula is C26H27F2N5O4. The van der Waals surface area contributed by atoms with E-state index in [0.29, 0.717) is 25.1 Å². The quantitative estimate of drug-likeness (QED) is 0.222. The molecule has 1 aromatic heterocycles. The van der Waals surface area contributed by atoms with Gasteiger partial charge in [-0.25, -0.2) is 18.6 Å². The molecule has 9 nitrogen and oxygen atoms in total. The maximum absolute atomic E-state index is 13.7. The van der Waals surface area contributed by atoms with Crippen LogP contribution in [-0.2, 0) is 11.2 Å². The van der Waals surface area contributed by atoms with Crippen LogP contribution < -0.4 is 21.3 Å². The summed E-state index contributed by atoms with van der Waals surface area (Å²) in [5, 5.41) is 19.5. The molecule has 2 aromatic carbocycles. The molecule has 0 saturated carbocycles. The summed E-state index contributed by atoms with van der Waals surface area (Å²) in [4.78, 5) is 39.7. The minimum Gasteiger partial charge on any atom is -0.481 e. The van der Waals surface area contributed by atoms with E-state index < -0.39 is 29.5 Å². The largest absolute Gasteiger partial charge is 0.481 e. The number of nitrogens with one attached hydrogen (secondary N) is 4. The first-order chi connectivity index (χ1) is 17.7. The van der Waals surface area contributed by atoms with Crippen molar-refractivity contribution in [2.24, 2.45) is 0 Å². The number of amides is 3. The van der Waals surface area contributed by atoms with Gasteiger partial charge in [0.15, 0.2) is 11.6 Å². The number of carboxylic acid groups (broad SMARTS) is 1. The van der Waals surface area contributed by atoms with Crippen LogP contribution in [0.15, 0.2) is 54.7 Å². The van der Waals surface area contributed by atoms with E-state index in [4.69, 9.17) is 5.11 Å². The van der Waals surface area contributed by atoms with Crippen molar-refractivity contribution < 1.29 is 28.3 Å². The molecule has 5 N–H and O–H groups in total. The van der Waals surface area contributed by atoms with Crippen LogP contribution >= 0.6 is 0 Å². The number of aromatic nitrogens is 1. The van der Waals surface area contributed by atoms with Gasteiger partial charge in [0.1, 0.15) is 5.82 Å². The van der Waals surface area contributed by atoms with E-state index in [1.807, 2.05) is 12.1 Å². The number of hydrogen-bond donors (Lipinski definition) is 5. The number of carboxylic acids is 1. The van der Waals surface area contributed by atoms with Crippen molar-refractivity contribution in [1.82, 2.24) is 10.3 Å². The van der Waals surface area contributed by atoms with Crippen LogP contribution in [0.25, 0.3) is 0 Å². The van der Waals surface area contributed by atoms with E-state index in [0.717, 1.165) is 24.1 Å². The third-order valence-electron chi connectivity index (χ3n) is 5.24. The second-order valence-electron chi connectivity index (χ2n) is 8.11. The van der Waals surface area contributed by atoms with Crippen LogP contribution in [0.4, 0.5) is 36.5 Å². The average molecular weight is 512 g/mol. The van der Waals surface area contributed by atoms with Gasteiger partial charge in [-0.3, -0.25) is 14.9 Å². The van der Waals surface area contributed by atoms with Gasteiger partial charge in [-0.1, -0.05) is 12.1 Å². The van der Waals surface area contributed by atoms with Crippen LogP contribution in [0.5, 0.6) is 0 Å². The number of carbonyl (C=O) groups is 3. The van der Waals surface area contributed by atoms with E-state index >= 15 is 0 Å². The zero-order valence-corrected chi connectivity index (χ0v) is 20.1. The number of hydrogen-bond acceptors (Lipinski definition) is 5. The molecule has 0 spiro atoms. The summed E-state index contributed by atoms with van der Waals surface area (Å²) in [6, 6.07) is 11.3. The maximum Gasteiger partial charge on any atom is 0.320 e. The van der Waals surface area contributed by atoms with Gasteiger partial charge in [0.2, 0.25) is 0 Å². The molecule has 0 bridgehead atoms. The number of pyridine rings is 1. The molecule has 0 fully saturated rings. The smallest absolute Gasteiger partial charge is 0.320 e. The third-order valence-corrected chi connectivity index (χ3v) is 5.24. The van der Waals surface area contributed by atoms with Gasteiger partial charge < -0.3 is 21.1 Å². The Hall–Kier alpha value is -4.54. The summed E-state index contributed by atoms with van der Waals surface area (Å²) in [5.41, 5.74) is 2.02. The van der Waals surface area contributed by atoms with Gasteiger partial charge in [0.25, 0.3) is 5.91 Å². The van der Waals surface area contributed by atoms with E-state index in [-0.39, 0.29) is 29.2 Å². The van der Waals surface area contributed by atoms with Crippen molar-refractivity contribution in [3.63, 3.8) is 0 Å². The van der Waals surface area contributed by atoms with Crippen molar-refractivity contribution in [3.05, 3.63) is 77.5 Å². The van der Waals surface area contributed by atoms with Gasteiger partial charge in [0, 0.05) is 42.7 Å². The van der Waals surface area contributed by atoms with Crippen molar-refractivity contribution >= 4 is 40.8 Å². The Morgan fingerprint density at radius 2 is 1.65 bits per heavy atom. The molecular weight excluding hydrogens is 484 g/mol. The normalized spacial score (nSPS) is 10.5. The number of anilines is 4. The Kier molecular flexibility index (Phi) is 9.48. The van der Waals surface area contributed by atoms with Gasteiger partial charge in [0.05, 0.1) is 11.3 Å². The molecule has 37 heavy (non-hydrogen) atoms. The molecule has 3 rings (SSSR count). The van der Waals surface area contributed by atoms with Gasteiger partial charge in [-0.2, -0.15) is 0 Å². The Labute approximate surface area is 212 Å². The average Bonchev–Trinajstić information content (AvgIpc) is 2.85. The van der Waals surface area contributed by atoms with E-state index in [9.17, 15) is 23.2 Å². The van der Waals surface area contributed by atoms with Crippen LogP contribution in [-0.4, -0.2) is 34.5 Å². The van der Waals surface area contributed by atoms with Crippen molar-refractivity contribution in [2.45, 2.75) is 32.6 Å². The monoisotopic (exact) mass is 511 g/mol. The lowest BCUT2D eigenvalue weighted by Gasteiger charge is -2.14. The van der Waals surface area contributed by atoms with Crippen LogP contribution in [0, 0.1) is 11.6 Å². The van der Waals surface area contributed by atoms with Crippen LogP contribution in [0.1, 0.15) is 42.1 Å². The lowest BCUT2D eigenvalue weighted by Crippen LogP contribution is -2.28. The molecule has 0 aliphatic rings. The summed E-state index contributed by atoms with van der Waals surface area (Å²) in [6.07, 6.45) is 3.42. The Balaban J connectivity index is 1.76. The second kappa shape index (κ2) is 13.0. The zero-order chi connectivity index (χ0) is 26.8. The first-order valence-electron chi connectivity index (χ1n) is 11.6. The molecule has 1 heterocycles. The predicted octanol–water partition coefficient (Wildman–Crippen LogP) is 5.29. The number of unbranched alkanes of at least 4 members (excludes halogenated alkanes) is 1. The van der Waals surface area contributed by atoms with Crippen LogP contribution in [0.2, 0.25) is 0 Å². The fourth-order valence-corrected chi connectivity index (χ4v) is 3.42. The summed E-state index contributed by atoms with van der Waals surface area (Å²) in [5.74, 6) is -3.27. The molecule has 0 saturated heterocycles. The lowest BCUT2D eigenvalue weighted by molar-refractivity contribution is -0.137. The number of nitrogens with zero attached hydrogens (tertiary/aromatic N) is 1. The summed E-state index contributed by atoms with van der Waals surface area (Å²) in [7, 11) is 0. The van der Waals surface area contributed by atoms with Gasteiger partial charge in [-0.15, -0.1) is 0 Å². The number of urea groups is 1. The zero-order valence-electron chi connectivity index (χ0n) is 20.1. The number of carbonyl (C=O) groups excluding carboxylic acids is 2. The molecule has 3 amide bonds. The summed E-state index contributed by atoms with van der Waals surface area (Å²) < 4.78 is 27.1. The van der Waals surface area contributed by atoms with Crippen molar-refractivity contribution in [1.29, 1.82) is 0 Å². The fourth-order valence-electron chi connectivity index (χ4n) is 3.42. The highest BCUT2D eigenvalue weighted by molar-refractivity contribution is 6.08. The van der Waals surface area contributed by atoms with Crippen LogP contribution in [0.3, 0.4) is 0 Å². The molecule has 0 aliphatic heterocycles. The number of aryl methyl sites for hydroxylation is 1. The first kappa shape index (κ1) is 27.1. The molecule has 0 radical (unpaired) electrons. The molecule has 0 unspecified atom stereocenters. The number of halogens is 2. The highest BCUT2D eigenvalue weighted by atomic mass is 19.2. The maximum atomic E-state index is 13.7. The minimum absolute atomic E-state index is 0.101. The van der Waals surface area contributed by atoms with E-state index in [1.165, 1.54) is 18.3 Å². The third kappa shape index (κ3) is 8.27. The predicted molar refractivity (Wildman–Crippen MR) is 136 cm³/mol. The standard InChI is InChI=1S/C26H27F2N5O4/c1-2-29-26(37)33-23-14-22(31-18-11-12-20(27)21(28)13-18)19(15-30-23)25(36)32-17-9-7-16(8-10-17)5-3-4-6-24(34)35/h7-15H,2-6H2,1H3,(H,32,36)(H,34,35)(H3,29,30,31,33,37). The molecule has 0 aliphatic carbocycles. The molecule has 194 valence electrons. The number of aliphatic carboxylic acids is 1. The van der Waals surface area contributed by atoms with E-state index in [1.54, 1.807) is 19.1 Å².